The summed E-state index contributed by atoms with van der Waals surface area (Å²) in [6.07, 6.45) is 12.1. The molecule has 4 nitrogen and oxygen atoms in total. The number of aliphatic hydroxyl groups excluding tert-OH is 1. The summed E-state index contributed by atoms with van der Waals surface area (Å²) in [6.45, 7) is 4.71. The van der Waals surface area contributed by atoms with Crippen LogP contribution in [-0.2, 0) is 9.59 Å². The lowest BCUT2D eigenvalue weighted by Crippen LogP contribution is -2.57. The van der Waals surface area contributed by atoms with Crippen molar-refractivity contribution in [3.05, 3.63) is 0 Å². The molecule has 0 radical (unpaired) electrons. The van der Waals surface area contributed by atoms with Gasteiger partial charge in [0.15, 0.2) is 0 Å². The second-order valence-electron chi connectivity index (χ2n) is 15.8. The number of ketones is 1. The maximum atomic E-state index is 12.9. The number of Topliss-reactive ketones (excluding diaryl/α,β-unsaturated/α-hetero) is 1. The van der Waals surface area contributed by atoms with Gasteiger partial charge in [-0.3, -0.25) is 9.59 Å². The Balaban J connectivity index is 1.09. The number of hydrogen-bond donors (Lipinski definition) is 2. The average Bonchev–Trinajstić information content (AvgIpc) is 3.27. The summed E-state index contributed by atoms with van der Waals surface area (Å²) in [6, 6.07) is 0. The molecule has 0 bridgehead atoms. The molecule has 260 valence electrons. The number of carbonyl (C=O) groups excluding carboxylic acids is 2. The van der Waals surface area contributed by atoms with Crippen molar-refractivity contribution >= 4 is 11.7 Å². The molecule has 0 spiro atoms. The first-order valence-electron chi connectivity index (χ1n) is 18.1. The van der Waals surface area contributed by atoms with E-state index in [4.69, 9.17) is 0 Å². The Labute approximate surface area is 267 Å². The van der Waals surface area contributed by atoms with Gasteiger partial charge in [0.1, 0.15) is 5.78 Å². The van der Waals surface area contributed by atoms with Crippen LogP contribution in [0.15, 0.2) is 0 Å². The first-order chi connectivity index (χ1) is 21.2. The maximum absolute atomic E-state index is 12.9. The number of rotatable bonds is 16. The predicted octanol–water partition coefficient (Wildman–Crippen LogP) is 9.57. The molecule has 0 unspecified atom stereocenters. The van der Waals surface area contributed by atoms with E-state index in [0.29, 0.717) is 41.8 Å². The van der Waals surface area contributed by atoms with Crippen molar-refractivity contribution in [1.82, 2.24) is 5.32 Å². The molecule has 0 saturated heterocycles. The Bertz CT molecular complexity index is 988. The van der Waals surface area contributed by atoms with Crippen LogP contribution < -0.4 is 5.32 Å². The highest BCUT2D eigenvalue weighted by atomic mass is 19.4. The van der Waals surface area contributed by atoms with E-state index >= 15 is 0 Å². The van der Waals surface area contributed by atoms with Gasteiger partial charge in [-0.1, -0.05) is 71.6 Å². The fourth-order valence-electron chi connectivity index (χ4n) is 10.4. The Morgan fingerprint density at radius 3 is 2.18 bits per heavy atom. The predicted molar refractivity (Wildman–Crippen MR) is 166 cm³/mol. The molecule has 8 atom stereocenters. The fraction of sp³-hybridized carbons (Fsp3) is 0.944. The van der Waals surface area contributed by atoms with Gasteiger partial charge < -0.3 is 10.4 Å². The van der Waals surface area contributed by atoms with E-state index in [0.717, 1.165) is 64.2 Å². The Kier molecular flexibility index (Phi) is 12.5. The van der Waals surface area contributed by atoms with E-state index in [9.17, 15) is 36.6 Å². The number of aliphatic hydroxyl groups is 1. The van der Waals surface area contributed by atoms with Gasteiger partial charge in [-0.05, 0) is 91.8 Å². The van der Waals surface area contributed by atoms with E-state index in [1.54, 1.807) is 0 Å². The lowest BCUT2D eigenvalue weighted by Gasteiger charge is -2.62. The summed E-state index contributed by atoms with van der Waals surface area (Å²) in [7, 11) is 0. The molecule has 4 aliphatic rings. The van der Waals surface area contributed by atoms with Crippen LogP contribution in [0.2, 0.25) is 0 Å². The minimum atomic E-state index is -5.55. The van der Waals surface area contributed by atoms with Gasteiger partial charge in [0.25, 0.3) is 0 Å². The van der Waals surface area contributed by atoms with Crippen molar-refractivity contribution in [2.24, 2.45) is 40.4 Å². The van der Waals surface area contributed by atoms with Crippen LogP contribution >= 0.6 is 0 Å². The SMILES string of the molecule is C[C@]12CCC(=O)C[C@@H]1CC[C@@H]1[C@@H]2[C@@H](CCCCCCCCCCCC(=O)NCCCC(F)(F)C(F)(F)F)C[C@]2(C)[C@@H](O)CC[C@@H]12. The molecule has 1 amide bonds. The zero-order valence-corrected chi connectivity index (χ0v) is 27.7. The lowest BCUT2D eigenvalue weighted by atomic mass is 9.42. The highest BCUT2D eigenvalue weighted by Crippen LogP contribution is 2.68. The summed E-state index contributed by atoms with van der Waals surface area (Å²) in [5.41, 5.74) is 0.319. The van der Waals surface area contributed by atoms with E-state index in [-0.39, 0.29) is 35.8 Å². The van der Waals surface area contributed by atoms with Crippen LogP contribution in [0.25, 0.3) is 0 Å². The summed E-state index contributed by atoms with van der Waals surface area (Å²) in [4.78, 5) is 24.2. The van der Waals surface area contributed by atoms with Crippen LogP contribution in [0.4, 0.5) is 22.0 Å². The third-order valence-electron chi connectivity index (χ3n) is 12.9. The summed E-state index contributed by atoms with van der Waals surface area (Å²) < 4.78 is 62.4. The van der Waals surface area contributed by atoms with Crippen molar-refractivity contribution in [1.29, 1.82) is 0 Å². The Morgan fingerprint density at radius 1 is 0.867 bits per heavy atom. The molecule has 0 aromatic heterocycles. The van der Waals surface area contributed by atoms with E-state index < -0.39 is 24.9 Å². The first kappa shape index (κ1) is 36.6. The quantitative estimate of drug-likeness (QED) is 0.130. The number of hydrogen-bond acceptors (Lipinski definition) is 3. The molecule has 0 aromatic carbocycles. The lowest BCUT2D eigenvalue weighted by molar-refractivity contribution is -0.284. The van der Waals surface area contributed by atoms with Crippen LogP contribution in [0, 0.1) is 40.4 Å². The zero-order valence-electron chi connectivity index (χ0n) is 27.7. The topological polar surface area (TPSA) is 66.4 Å². The molecule has 4 fully saturated rings. The maximum Gasteiger partial charge on any atom is 0.453 e. The van der Waals surface area contributed by atoms with Gasteiger partial charge in [0.05, 0.1) is 6.10 Å². The minimum absolute atomic E-state index is 0.0502. The monoisotopic (exact) mass is 647 g/mol. The van der Waals surface area contributed by atoms with Gasteiger partial charge in [0.2, 0.25) is 5.91 Å². The number of alkyl halides is 5. The molecule has 4 aliphatic carbocycles. The summed E-state index contributed by atoms with van der Waals surface area (Å²) in [5, 5.41) is 13.5. The van der Waals surface area contributed by atoms with Gasteiger partial charge in [0, 0.05) is 32.2 Å². The molecule has 9 heteroatoms. The van der Waals surface area contributed by atoms with Crippen molar-refractivity contribution in [3.8, 4) is 0 Å². The second kappa shape index (κ2) is 15.3. The highest BCUT2D eigenvalue weighted by Gasteiger charge is 2.62. The number of carbonyl (C=O) groups is 2. The second-order valence-corrected chi connectivity index (χ2v) is 15.8. The largest absolute Gasteiger partial charge is 0.453 e. The zero-order chi connectivity index (χ0) is 32.9. The smallest absolute Gasteiger partial charge is 0.393 e. The van der Waals surface area contributed by atoms with Crippen LogP contribution in [-0.4, -0.2) is 41.5 Å². The molecule has 0 aliphatic heterocycles. The third-order valence-corrected chi connectivity index (χ3v) is 12.9. The molecule has 0 heterocycles. The van der Waals surface area contributed by atoms with Crippen molar-refractivity contribution < 1.29 is 36.6 Å². The average molecular weight is 648 g/mol. The van der Waals surface area contributed by atoms with Crippen molar-refractivity contribution in [2.75, 3.05) is 6.54 Å². The number of halogens is 5. The van der Waals surface area contributed by atoms with Crippen molar-refractivity contribution in [3.63, 3.8) is 0 Å². The summed E-state index contributed by atoms with van der Waals surface area (Å²) >= 11 is 0. The van der Waals surface area contributed by atoms with Crippen LogP contribution in [0.1, 0.15) is 149 Å². The fourth-order valence-corrected chi connectivity index (χ4v) is 10.4. The molecule has 0 aromatic rings. The molecular weight excluding hydrogens is 589 g/mol. The van der Waals surface area contributed by atoms with Crippen molar-refractivity contribution in [2.45, 2.75) is 167 Å². The van der Waals surface area contributed by atoms with Gasteiger partial charge in [-0.25, -0.2) is 0 Å². The Morgan fingerprint density at radius 2 is 1.51 bits per heavy atom. The molecule has 4 saturated carbocycles. The number of unbranched alkanes of at least 4 members (excludes halogenated alkanes) is 8. The van der Waals surface area contributed by atoms with E-state index in [1.165, 1.54) is 44.9 Å². The number of nitrogens with one attached hydrogen (secondary N) is 1. The molecule has 2 N–H and O–H groups in total. The van der Waals surface area contributed by atoms with E-state index in [2.05, 4.69) is 19.2 Å². The highest BCUT2D eigenvalue weighted by molar-refractivity contribution is 5.79. The number of fused-ring (bicyclic) bond motifs is 5. The van der Waals surface area contributed by atoms with Gasteiger partial charge in [-0.2, -0.15) is 22.0 Å². The minimum Gasteiger partial charge on any atom is -0.393 e. The molecule has 4 rings (SSSR count). The molecular formula is C36H58F5NO3. The Hall–Kier alpha value is -1.25. The van der Waals surface area contributed by atoms with E-state index in [1.807, 2.05) is 0 Å². The summed E-state index contributed by atoms with van der Waals surface area (Å²) in [5.74, 6) is -1.35. The first-order valence-corrected chi connectivity index (χ1v) is 18.1. The van der Waals surface area contributed by atoms with Gasteiger partial charge in [-0.15, -0.1) is 0 Å². The normalized spacial score (nSPS) is 35.1. The molecule has 45 heavy (non-hydrogen) atoms. The van der Waals surface area contributed by atoms with Crippen LogP contribution in [0.3, 0.4) is 0 Å². The number of amides is 1. The van der Waals surface area contributed by atoms with Crippen LogP contribution in [0.5, 0.6) is 0 Å². The standard InChI is InChI=1S/C36H58F5NO3/c1-33-21-19-27(43)23-26(33)15-16-28-29-17-18-30(44)34(29,2)24-25(32(28)33)13-10-8-6-4-3-5-7-9-11-14-31(45)42-22-12-20-35(37,38)36(39,40)41/h25-26,28-30,32,44H,3-24H2,1-2H3,(H,42,45)/t25-,26-,28-,29-,30-,32-,33-,34-/m0/s1. The van der Waals surface area contributed by atoms with Gasteiger partial charge >= 0.3 is 12.1 Å². The third kappa shape index (κ3) is 8.62.